The van der Waals surface area contributed by atoms with Crippen LogP contribution in [0.15, 0.2) is 0 Å². The van der Waals surface area contributed by atoms with Gasteiger partial charge in [0.05, 0.1) is 0 Å². The smallest absolute Gasteiger partial charge is 0.00121 e. The topological polar surface area (TPSA) is 123 Å². The molecule has 11 rings (SSSR count). The molecule has 746 valence electrons. The molecule has 11 fully saturated rings. The van der Waals surface area contributed by atoms with Crippen LogP contribution in [0, 0.1) is 95.1 Å². The van der Waals surface area contributed by atoms with E-state index in [2.05, 4.69) is 302 Å². The van der Waals surface area contributed by atoms with E-state index >= 15 is 0 Å². The summed E-state index contributed by atoms with van der Waals surface area (Å²) < 4.78 is 0. The van der Waals surface area contributed by atoms with Crippen molar-refractivity contribution in [3.05, 3.63) is 42.5 Å². The van der Waals surface area contributed by atoms with Gasteiger partial charge in [-0.2, -0.15) is 19.1 Å². The molecule has 11 saturated heterocycles. The normalized spacial score (nSPS) is 24.4. The third-order valence-electron chi connectivity index (χ3n) is 25.6. The zero-order valence-corrected chi connectivity index (χ0v) is 106. The maximum Gasteiger partial charge on any atom is 0.00121 e. The summed E-state index contributed by atoms with van der Waals surface area (Å²) in [4.78, 5) is 7.32. The quantitative estimate of drug-likeness (QED) is 0.224. The number of hydrogen-bond donors (Lipinski definition) is 0. The molecule has 11 aliphatic heterocycles. The van der Waals surface area contributed by atoms with Crippen molar-refractivity contribution in [2.45, 2.75) is 446 Å². The molecule has 9 atom stereocenters. The Morgan fingerprint density at radius 2 is 0.443 bits per heavy atom. The fourth-order valence-electron chi connectivity index (χ4n) is 15.7. The Bertz CT molecular complexity index is 2040. The molecular formula is C103H223N11W8-8. The predicted molar refractivity (Wildman–Crippen MR) is 531 cm³/mol. The average Bonchev–Trinajstić information content (AvgIpc) is 1.83. The summed E-state index contributed by atoms with van der Waals surface area (Å²) in [5, 5.41) is 35.4. The van der Waals surface area contributed by atoms with Gasteiger partial charge in [-0.25, -0.2) is 0 Å². The summed E-state index contributed by atoms with van der Waals surface area (Å²) in [6.45, 7) is 96.0. The van der Waals surface area contributed by atoms with Gasteiger partial charge >= 0.3 is 0 Å². The largest absolute Gasteiger partial charge is 0.662 e. The monoisotopic (exact) mass is 3090 g/mol. The van der Waals surface area contributed by atoms with Crippen LogP contribution in [-0.4, -0.2) is 177 Å². The number of rotatable bonds is 0. The maximum atomic E-state index is 4.69. The van der Waals surface area contributed by atoms with Crippen LogP contribution in [0.25, 0.3) is 42.5 Å². The Morgan fingerprint density at radius 3 is 0.721 bits per heavy atom. The summed E-state index contributed by atoms with van der Waals surface area (Å²) in [7, 11) is 6.67. The van der Waals surface area contributed by atoms with Gasteiger partial charge in [0, 0.05) is 182 Å². The van der Waals surface area contributed by atoms with Crippen molar-refractivity contribution in [2.24, 2.45) is 95.1 Å². The summed E-state index contributed by atoms with van der Waals surface area (Å²) in [6, 6.07) is 3.21. The zero-order chi connectivity index (χ0) is 82.1. The molecule has 19 heteroatoms. The van der Waals surface area contributed by atoms with Gasteiger partial charge in [-0.05, 0) is 136 Å². The van der Waals surface area contributed by atoms with Crippen LogP contribution < -0.4 is 0 Å². The summed E-state index contributed by atoms with van der Waals surface area (Å²) >= 11 is 0. The van der Waals surface area contributed by atoms with Crippen molar-refractivity contribution >= 4 is 0 Å². The van der Waals surface area contributed by atoms with Gasteiger partial charge < -0.3 is 57.2 Å². The van der Waals surface area contributed by atoms with E-state index < -0.39 is 0 Å². The molecule has 0 amide bonds. The SMILES string of the molecule is C.C.C.C.C.C.C.CC(C)(C)C1CCCCC[N-]1.CC(C)(C)C1CCCC[N-]1.CC(C)(C)C1CCCC[N-]C1.CC(C)(C)C1CCC[N-]1.CC(C)(C)C1CCC[N-]CC1.CC(C)(C)C1CC[N-]1.CC(C)(C)C1C[N-]1.CC(C)(C)C1C[N-]C1.CN1CCC(C(C)(C)C)C1.CN1CCC(C(C)(C)C)CC1.CN1CCCC(C(C)(C)C)C1.[W].[W].[W].[W].[W].[W].[W].[W]. The number of likely N-dealkylation sites (tertiary alicyclic amines) is 3. The van der Waals surface area contributed by atoms with Gasteiger partial charge in [0.15, 0.2) is 0 Å². The minimum atomic E-state index is 0. The van der Waals surface area contributed by atoms with Crippen molar-refractivity contribution in [1.82, 2.24) is 14.7 Å². The molecule has 0 aromatic rings. The Labute approximate surface area is 889 Å². The maximum absolute atomic E-state index is 4.69. The minimum Gasteiger partial charge on any atom is -0.662 e. The molecular weight excluding hydrogens is 2860 g/mol. The van der Waals surface area contributed by atoms with Gasteiger partial charge in [0.1, 0.15) is 0 Å². The molecule has 11 nitrogen and oxygen atoms in total. The fraction of sp³-hybridized carbons (Fsp3) is 1.00. The van der Waals surface area contributed by atoms with E-state index in [1.807, 2.05) is 0 Å². The van der Waals surface area contributed by atoms with Crippen molar-refractivity contribution in [2.75, 3.05) is 132 Å². The van der Waals surface area contributed by atoms with Crippen LogP contribution in [-0.2, 0) is 169 Å². The molecule has 0 radical (unpaired) electrons. The predicted octanol–water partition coefficient (Wildman–Crippen LogP) is 32.5. The van der Waals surface area contributed by atoms with Crippen molar-refractivity contribution in [3.8, 4) is 0 Å². The Balaban J connectivity index is -0.0000000786. The second kappa shape index (κ2) is 77.9. The summed E-state index contributed by atoms with van der Waals surface area (Å²) in [5.41, 5.74) is 5.11. The third kappa shape index (κ3) is 78.0. The minimum absolute atomic E-state index is 0. The molecule has 0 saturated carbocycles. The Hall–Kier alpha value is 5.07. The van der Waals surface area contributed by atoms with E-state index in [0.717, 1.165) is 107 Å². The molecule has 0 bridgehead atoms. The molecule has 9 unspecified atom stereocenters. The molecule has 122 heavy (non-hydrogen) atoms. The molecule has 0 aromatic carbocycles. The summed E-state index contributed by atoms with van der Waals surface area (Å²) in [6.07, 6.45) is 28.4. The second-order valence-corrected chi connectivity index (χ2v) is 47.2. The van der Waals surface area contributed by atoms with Gasteiger partial charge in [-0.1, -0.05) is 422 Å². The first-order valence-electron chi connectivity index (χ1n) is 45.1. The van der Waals surface area contributed by atoms with Crippen LogP contribution in [0.4, 0.5) is 0 Å². The number of nitrogens with zero attached hydrogens (tertiary/aromatic N) is 11. The van der Waals surface area contributed by atoms with Crippen molar-refractivity contribution < 1.29 is 169 Å². The first-order chi connectivity index (χ1) is 48.8. The zero-order valence-electron chi connectivity index (χ0n) is 82.9. The molecule has 0 N–H and O–H groups in total. The van der Waals surface area contributed by atoms with E-state index in [1.165, 1.54) is 174 Å². The van der Waals surface area contributed by atoms with Gasteiger partial charge in [0.2, 0.25) is 0 Å². The summed E-state index contributed by atoms with van der Waals surface area (Å²) in [5.74, 6) is 5.35. The molecule has 11 heterocycles. The molecule has 0 spiro atoms. The molecule has 11 aliphatic rings. The Morgan fingerprint density at radius 1 is 0.180 bits per heavy atom. The number of hydrogen-bond acceptors (Lipinski definition) is 3. The second-order valence-electron chi connectivity index (χ2n) is 47.2. The number of piperidine rings is 3. The first kappa shape index (κ1) is 161. The standard InChI is InChI=1S/2C10H21N.3C10H20N.C9H19N.C9H18N.C8H16N.2C7H14N.C6H12N.7CH4.8W/c1-10(2,3)9-5-7-11(4)8-6-9;1-10(2,3)9-6-5-7-11(4)8-9;1-10(2,3)9-5-4-7-11-8-6-9;1-10(2,3)9-6-4-5-7-11-8-9;1-10(2,3)9-7-5-4-6-8-11-9;1-9(2,3)8-5-6-10(4)7-8;1-9(2,3)8-6-4-5-7-10-8;1-8(2,3)7-5-4-6-9-7;1-7(2,3)6-4-8-5-6;1-7(2,3)6-4-5-8-6;1-6(2,3)5-4-7-5;;;;;;;;;;;;;;;/h2*9H,5-8H2,1-4H3;3*9H,4-8H2,1-3H3;8H,5-7H2,1-4H3;8H,4-7H2,1-3H3;7H,4-6H2,1-3H3;2*6H,4-5H2,1-3H3;5H,4H2,1-3H3;7*1H4;;;;;;;;/q;;3*-1;;5*-1;;;;;;;;;;;;;;;. The van der Waals surface area contributed by atoms with Crippen LogP contribution in [0.3, 0.4) is 0 Å². The first-order valence-corrected chi connectivity index (χ1v) is 45.1. The van der Waals surface area contributed by atoms with Gasteiger partial charge in [0.25, 0.3) is 0 Å². The van der Waals surface area contributed by atoms with E-state index in [9.17, 15) is 0 Å². The van der Waals surface area contributed by atoms with E-state index in [1.54, 1.807) is 0 Å². The molecule has 0 aromatic heterocycles. The molecule has 0 aliphatic carbocycles. The van der Waals surface area contributed by atoms with Crippen LogP contribution in [0.1, 0.15) is 415 Å². The third-order valence-corrected chi connectivity index (χ3v) is 25.6. The van der Waals surface area contributed by atoms with E-state index in [-0.39, 0.29) is 221 Å². The van der Waals surface area contributed by atoms with Gasteiger partial charge in [-0.3, -0.25) is 0 Å². The van der Waals surface area contributed by atoms with Crippen LogP contribution in [0.2, 0.25) is 0 Å². The van der Waals surface area contributed by atoms with Gasteiger partial charge in [-0.15, -0.1) is 83.1 Å². The van der Waals surface area contributed by atoms with Crippen molar-refractivity contribution in [3.63, 3.8) is 0 Å². The van der Waals surface area contributed by atoms with Crippen molar-refractivity contribution in [1.29, 1.82) is 0 Å². The van der Waals surface area contributed by atoms with E-state index in [4.69, 9.17) is 5.32 Å². The van der Waals surface area contributed by atoms with Crippen LogP contribution in [0.5, 0.6) is 0 Å². The average molecular weight is 3090 g/mol. The Kier molecular flexibility index (Phi) is 103. The fourth-order valence-corrected chi connectivity index (χ4v) is 15.7. The van der Waals surface area contributed by atoms with E-state index in [0.29, 0.717) is 89.8 Å². The van der Waals surface area contributed by atoms with Crippen LogP contribution >= 0.6 is 0 Å².